The summed E-state index contributed by atoms with van der Waals surface area (Å²) in [4.78, 5) is 12.8. The van der Waals surface area contributed by atoms with Crippen LogP contribution in [-0.4, -0.2) is 17.0 Å². The molecule has 0 unspecified atom stereocenters. The van der Waals surface area contributed by atoms with E-state index in [1.54, 1.807) is 0 Å². The molecular formula is C14H15N3S. The molecule has 1 N–H and O–H groups in total. The maximum atomic E-state index is 4.59. The van der Waals surface area contributed by atoms with E-state index >= 15 is 0 Å². The van der Waals surface area contributed by atoms with Gasteiger partial charge in [0.15, 0.2) is 0 Å². The maximum absolute atomic E-state index is 4.59. The summed E-state index contributed by atoms with van der Waals surface area (Å²) < 4.78 is 0. The molecule has 3 nitrogen and oxygen atoms in total. The van der Waals surface area contributed by atoms with Crippen molar-refractivity contribution in [1.82, 2.24) is 9.97 Å². The van der Waals surface area contributed by atoms with E-state index in [0.29, 0.717) is 0 Å². The lowest BCUT2D eigenvalue weighted by Crippen LogP contribution is -2.16. The van der Waals surface area contributed by atoms with Gasteiger partial charge in [-0.1, -0.05) is 12.1 Å². The van der Waals surface area contributed by atoms with Gasteiger partial charge in [0.05, 0.1) is 17.6 Å². The van der Waals surface area contributed by atoms with E-state index in [0.717, 1.165) is 23.5 Å². The van der Waals surface area contributed by atoms with Crippen LogP contribution in [0.3, 0.4) is 0 Å². The number of aryl methyl sites for hydroxylation is 1. The van der Waals surface area contributed by atoms with Crippen molar-refractivity contribution in [3.05, 3.63) is 46.2 Å². The van der Waals surface area contributed by atoms with Crippen molar-refractivity contribution in [2.75, 3.05) is 11.9 Å². The molecule has 3 rings (SSSR count). The number of aromatic amines is 1. The highest BCUT2D eigenvalue weighted by Crippen LogP contribution is 2.21. The zero-order valence-electron chi connectivity index (χ0n) is 10.5. The molecule has 0 aliphatic carbocycles. The molecule has 18 heavy (non-hydrogen) atoms. The number of anilines is 1. The molecular weight excluding hydrogens is 242 g/mol. The number of thiophene rings is 1. The number of fused-ring (bicyclic) bond motifs is 1. The predicted octanol–water partition coefficient (Wildman–Crippen LogP) is 3.57. The molecule has 92 valence electrons. The van der Waals surface area contributed by atoms with E-state index in [9.17, 15) is 0 Å². The molecule has 0 spiro atoms. The van der Waals surface area contributed by atoms with Crippen molar-refractivity contribution >= 4 is 28.3 Å². The SMILES string of the molecule is Cc1ccc(CN(C)c2nc3ccccc3[nH]2)s1. The molecule has 4 heteroatoms. The van der Waals surface area contributed by atoms with Gasteiger partial charge in [-0.3, -0.25) is 0 Å². The first-order valence-electron chi connectivity index (χ1n) is 5.93. The Morgan fingerprint density at radius 3 is 2.78 bits per heavy atom. The average molecular weight is 257 g/mol. The minimum atomic E-state index is 0.887. The number of para-hydroxylation sites is 2. The molecule has 2 aromatic heterocycles. The van der Waals surface area contributed by atoms with Crippen molar-refractivity contribution in [1.29, 1.82) is 0 Å². The molecule has 0 aliphatic rings. The Morgan fingerprint density at radius 1 is 1.22 bits per heavy atom. The lowest BCUT2D eigenvalue weighted by Gasteiger charge is -2.14. The van der Waals surface area contributed by atoms with Crippen LogP contribution in [0, 0.1) is 6.92 Å². The van der Waals surface area contributed by atoms with Crippen LogP contribution in [0.1, 0.15) is 9.75 Å². The zero-order chi connectivity index (χ0) is 12.5. The van der Waals surface area contributed by atoms with Crippen LogP contribution in [0.4, 0.5) is 5.95 Å². The summed E-state index contributed by atoms with van der Waals surface area (Å²) >= 11 is 1.83. The molecule has 1 aromatic carbocycles. The third-order valence-corrected chi connectivity index (χ3v) is 3.91. The number of nitrogens with one attached hydrogen (secondary N) is 1. The Morgan fingerprint density at radius 2 is 2.06 bits per heavy atom. The molecule has 2 heterocycles. The number of hydrogen-bond acceptors (Lipinski definition) is 3. The minimum absolute atomic E-state index is 0.887. The highest BCUT2D eigenvalue weighted by Gasteiger charge is 2.08. The van der Waals surface area contributed by atoms with Crippen LogP contribution in [0.2, 0.25) is 0 Å². The van der Waals surface area contributed by atoms with Crippen molar-refractivity contribution in [2.45, 2.75) is 13.5 Å². The predicted molar refractivity (Wildman–Crippen MR) is 77.3 cm³/mol. The normalized spacial score (nSPS) is 11.0. The molecule has 0 fully saturated rings. The van der Waals surface area contributed by atoms with Crippen LogP contribution < -0.4 is 4.90 Å². The molecule has 0 bridgehead atoms. The Hall–Kier alpha value is -1.81. The summed E-state index contributed by atoms with van der Waals surface area (Å²) in [5.41, 5.74) is 2.10. The number of hydrogen-bond donors (Lipinski definition) is 1. The van der Waals surface area contributed by atoms with Crippen LogP contribution in [0.5, 0.6) is 0 Å². The van der Waals surface area contributed by atoms with Gasteiger partial charge in [-0.15, -0.1) is 11.3 Å². The highest BCUT2D eigenvalue weighted by atomic mass is 32.1. The Balaban J connectivity index is 1.85. The van der Waals surface area contributed by atoms with Gasteiger partial charge in [-0.05, 0) is 31.2 Å². The fraction of sp³-hybridized carbons (Fsp3) is 0.214. The lowest BCUT2D eigenvalue weighted by atomic mass is 10.3. The van der Waals surface area contributed by atoms with Gasteiger partial charge >= 0.3 is 0 Å². The Labute approximate surface area is 110 Å². The van der Waals surface area contributed by atoms with Crippen molar-refractivity contribution in [3.8, 4) is 0 Å². The Bertz CT molecular complexity index is 635. The number of rotatable bonds is 3. The molecule has 3 aromatic rings. The molecule has 0 aliphatic heterocycles. The second-order valence-corrected chi connectivity index (χ2v) is 5.82. The fourth-order valence-corrected chi connectivity index (χ4v) is 2.94. The largest absolute Gasteiger partial charge is 0.340 e. The summed E-state index contributed by atoms with van der Waals surface area (Å²) in [5.74, 6) is 0.919. The Kier molecular flexibility index (Phi) is 2.80. The van der Waals surface area contributed by atoms with Crippen LogP contribution in [0.15, 0.2) is 36.4 Å². The third kappa shape index (κ3) is 2.11. The first kappa shape index (κ1) is 11.3. The topological polar surface area (TPSA) is 31.9 Å². The van der Waals surface area contributed by atoms with E-state index in [-0.39, 0.29) is 0 Å². The summed E-state index contributed by atoms with van der Waals surface area (Å²) in [7, 11) is 2.06. The number of nitrogens with zero attached hydrogens (tertiary/aromatic N) is 2. The zero-order valence-corrected chi connectivity index (χ0v) is 11.3. The van der Waals surface area contributed by atoms with E-state index in [2.05, 4.69) is 47.0 Å². The quantitative estimate of drug-likeness (QED) is 0.778. The third-order valence-electron chi connectivity index (χ3n) is 2.93. The van der Waals surface area contributed by atoms with Crippen molar-refractivity contribution in [3.63, 3.8) is 0 Å². The molecule has 0 atom stereocenters. The first-order valence-corrected chi connectivity index (χ1v) is 6.75. The van der Waals surface area contributed by atoms with Gasteiger partial charge in [-0.25, -0.2) is 4.98 Å². The smallest absolute Gasteiger partial charge is 0.203 e. The molecule has 0 saturated heterocycles. The standard InChI is InChI=1S/C14H15N3S/c1-10-7-8-11(18-10)9-17(2)14-15-12-5-3-4-6-13(12)16-14/h3-8H,9H2,1-2H3,(H,15,16). The van der Waals surface area contributed by atoms with E-state index in [1.807, 2.05) is 29.5 Å². The summed E-state index contributed by atoms with van der Waals surface area (Å²) in [6.45, 7) is 3.02. The number of benzene rings is 1. The van der Waals surface area contributed by atoms with Crippen LogP contribution >= 0.6 is 11.3 Å². The second-order valence-electron chi connectivity index (χ2n) is 4.45. The molecule has 0 amide bonds. The van der Waals surface area contributed by atoms with Gasteiger partial charge in [0.25, 0.3) is 0 Å². The van der Waals surface area contributed by atoms with Crippen molar-refractivity contribution in [2.24, 2.45) is 0 Å². The van der Waals surface area contributed by atoms with Gasteiger partial charge in [0.1, 0.15) is 0 Å². The van der Waals surface area contributed by atoms with E-state index < -0.39 is 0 Å². The molecule has 0 saturated carbocycles. The van der Waals surface area contributed by atoms with Gasteiger partial charge in [0, 0.05) is 16.8 Å². The van der Waals surface area contributed by atoms with Crippen LogP contribution in [-0.2, 0) is 6.54 Å². The number of imidazole rings is 1. The summed E-state index contributed by atoms with van der Waals surface area (Å²) in [6.07, 6.45) is 0. The van der Waals surface area contributed by atoms with Crippen molar-refractivity contribution < 1.29 is 0 Å². The van der Waals surface area contributed by atoms with Gasteiger partial charge in [0.2, 0.25) is 5.95 Å². The fourth-order valence-electron chi connectivity index (χ4n) is 2.00. The van der Waals surface area contributed by atoms with E-state index in [1.165, 1.54) is 9.75 Å². The van der Waals surface area contributed by atoms with Gasteiger partial charge < -0.3 is 9.88 Å². The van der Waals surface area contributed by atoms with Gasteiger partial charge in [-0.2, -0.15) is 0 Å². The van der Waals surface area contributed by atoms with E-state index in [4.69, 9.17) is 0 Å². The maximum Gasteiger partial charge on any atom is 0.203 e. The monoisotopic (exact) mass is 257 g/mol. The summed E-state index contributed by atoms with van der Waals surface area (Å²) in [6, 6.07) is 12.4. The number of aromatic nitrogens is 2. The lowest BCUT2D eigenvalue weighted by molar-refractivity contribution is 0.898. The minimum Gasteiger partial charge on any atom is -0.340 e. The average Bonchev–Trinajstić information content (AvgIpc) is 2.95. The second kappa shape index (κ2) is 4.46. The van der Waals surface area contributed by atoms with Crippen LogP contribution in [0.25, 0.3) is 11.0 Å². The molecule has 0 radical (unpaired) electrons. The summed E-state index contributed by atoms with van der Waals surface area (Å²) in [5, 5.41) is 0. The first-order chi connectivity index (χ1) is 8.72. The number of H-pyrrole nitrogens is 1. The highest BCUT2D eigenvalue weighted by molar-refractivity contribution is 7.11.